The molecule has 0 amide bonds. The maximum atomic E-state index is 4.25. The zero-order valence-electron chi connectivity index (χ0n) is 10.7. The van der Waals surface area contributed by atoms with Crippen molar-refractivity contribution in [3.05, 3.63) is 28.5 Å². The van der Waals surface area contributed by atoms with E-state index in [-0.39, 0.29) is 0 Å². The van der Waals surface area contributed by atoms with E-state index in [0.29, 0.717) is 0 Å². The Balaban J connectivity index is 1.61. The quantitative estimate of drug-likeness (QED) is 0.837. The van der Waals surface area contributed by atoms with Crippen molar-refractivity contribution in [2.45, 2.75) is 31.8 Å². The number of fused-ring (bicyclic) bond motifs is 1. The summed E-state index contributed by atoms with van der Waals surface area (Å²) in [4.78, 5) is 9.51. The van der Waals surface area contributed by atoms with Crippen molar-refractivity contribution in [3.8, 4) is 0 Å². The van der Waals surface area contributed by atoms with Gasteiger partial charge in [0.05, 0.1) is 0 Å². The van der Waals surface area contributed by atoms with Crippen LogP contribution in [-0.4, -0.2) is 47.0 Å². The molecular weight excluding hydrogens is 290 g/mol. The Hall–Kier alpha value is -0.450. The molecule has 1 atom stereocenters. The summed E-state index contributed by atoms with van der Waals surface area (Å²) in [6, 6.07) is 2.98. The number of piperidine rings is 1. The summed E-state index contributed by atoms with van der Waals surface area (Å²) in [6.45, 7) is 6.02. The standard InChI is InChI=1S/C14H20BrN3/c15-13-7-12(8-16-9-13)10-17-5-6-18-4-2-1-3-14(18)11-17/h7-9,14H,1-6,10-11H2. The molecule has 1 aromatic heterocycles. The number of nitrogens with zero attached hydrogens (tertiary/aromatic N) is 3. The number of aromatic nitrogens is 1. The summed E-state index contributed by atoms with van der Waals surface area (Å²) in [5, 5.41) is 0. The van der Waals surface area contributed by atoms with Crippen LogP contribution in [0.15, 0.2) is 22.9 Å². The molecule has 0 radical (unpaired) electrons. The zero-order valence-corrected chi connectivity index (χ0v) is 12.3. The number of halogens is 1. The Morgan fingerprint density at radius 2 is 2.17 bits per heavy atom. The van der Waals surface area contributed by atoms with Crippen LogP contribution in [0.5, 0.6) is 0 Å². The van der Waals surface area contributed by atoms with Crippen LogP contribution in [0.3, 0.4) is 0 Å². The Kier molecular flexibility index (Phi) is 3.97. The van der Waals surface area contributed by atoms with E-state index in [1.165, 1.54) is 51.0 Å². The van der Waals surface area contributed by atoms with Gasteiger partial charge in [-0.25, -0.2) is 0 Å². The van der Waals surface area contributed by atoms with Crippen LogP contribution in [0, 0.1) is 0 Å². The highest BCUT2D eigenvalue weighted by Crippen LogP contribution is 2.22. The Morgan fingerprint density at radius 1 is 1.22 bits per heavy atom. The predicted octanol–water partition coefficient (Wildman–Crippen LogP) is 2.51. The van der Waals surface area contributed by atoms with Crippen molar-refractivity contribution in [2.24, 2.45) is 0 Å². The van der Waals surface area contributed by atoms with Crippen molar-refractivity contribution in [1.82, 2.24) is 14.8 Å². The molecule has 0 saturated carbocycles. The molecule has 1 aromatic rings. The van der Waals surface area contributed by atoms with E-state index in [9.17, 15) is 0 Å². The SMILES string of the molecule is Brc1cncc(CN2CCN3CCCCC3C2)c1. The summed E-state index contributed by atoms with van der Waals surface area (Å²) in [7, 11) is 0. The first kappa shape index (κ1) is 12.6. The van der Waals surface area contributed by atoms with Gasteiger partial charge in [-0.05, 0) is 46.9 Å². The molecule has 98 valence electrons. The van der Waals surface area contributed by atoms with Crippen molar-refractivity contribution >= 4 is 15.9 Å². The van der Waals surface area contributed by atoms with Gasteiger partial charge in [0, 0.05) is 49.1 Å². The Bertz CT molecular complexity index is 410. The fourth-order valence-electron chi connectivity index (χ4n) is 3.16. The molecule has 3 rings (SSSR count). The second-order valence-corrected chi connectivity index (χ2v) is 6.35. The third-order valence-electron chi connectivity index (χ3n) is 4.09. The van der Waals surface area contributed by atoms with Crippen molar-refractivity contribution in [2.75, 3.05) is 26.2 Å². The van der Waals surface area contributed by atoms with Gasteiger partial charge in [0.15, 0.2) is 0 Å². The molecule has 0 aliphatic carbocycles. The maximum Gasteiger partial charge on any atom is 0.0410 e. The van der Waals surface area contributed by atoms with E-state index < -0.39 is 0 Å². The Labute approximate surface area is 117 Å². The highest BCUT2D eigenvalue weighted by Gasteiger charge is 2.28. The minimum Gasteiger partial charge on any atom is -0.298 e. The molecule has 0 aromatic carbocycles. The molecule has 0 spiro atoms. The molecule has 0 bridgehead atoms. The monoisotopic (exact) mass is 309 g/mol. The predicted molar refractivity (Wildman–Crippen MR) is 76.4 cm³/mol. The average molecular weight is 310 g/mol. The third kappa shape index (κ3) is 2.92. The lowest BCUT2D eigenvalue weighted by Gasteiger charge is -2.44. The Morgan fingerprint density at radius 3 is 3.06 bits per heavy atom. The maximum absolute atomic E-state index is 4.25. The van der Waals surface area contributed by atoms with Crippen LogP contribution in [0.2, 0.25) is 0 Å². The molecule has 2 aliphatic heterocycles. The van der Waals surface area contributed by atoms with Gasteiger partial charge in [0.2, 0.25) is 0 Å². The first-order chi connectivity index (χ1) is 8.81. The van der Waals surface area contributed by atoms with Crippen molar-refractivity contribution < 1.29 is 0 Å². The van der Waals surface area contributed by atoms with Gasteiger partial charge in [0.25, 0.3) is 0 Å². The second kappa shape index (κ2) is 5.68. The minimum atomic E-state index is 0.799. The van der Waals surface area contributed by atoms with E-state index in [2.05, 4.69) is 36.8 Å². The van der Waals surface area contributed by atoms with Crippen LogP contribution >= 0.6 is 15.9 Å². The third-order valence-corrected chi connectivity index (χ3v) is 4.52. The van der Waals surface area contributed by atoms with Gasteiger partial charge in [0.1, 0.15) is 0 Å². The van der Waals surface area contributed by atoms with E-state index in [4.69, 9.17) is 0 Å². The summed E-state index contributed by atoms with van der Waals surface area (Å²) in [5.41, 5.74) is 1.31. The molecule has 3 heterocycles. The minimum absolute atomic E-state index is 0.799. The van der Waals surface area contributed by atoms with E-state index in [1.807, 2.05) is 12.4 Å². The second-order valence-electron chi connectivity index (χ2n) is 5.43. The lowest BCUT2D eigenvalue weighted by atomic mass is 9.99. The van der Waals surface area contributed by atoms with Crippen LogP contribution in [-0.2, 0) is 6.54 Å². The number of hydrogen-bond acceptors (Lipinski definition) is 3. The average Bonchev–Trinajstić information content (AvgIpc) is 2.39. The smallest absolute Gasteiger partial charge is 0.0410 e. The van der Waals surface area contributed by atoms with Crippen LogP contribution in [0.1, 0.15) is 24.8 Å². The van der Waals surface area contributed by atoms with Crippen LogP contribution in [0.25, 0.3) is 0 Å². The molecule has 4 heteroatoms. The summed E-state index contributed by atoms with van der Waals surface area (Å²) >= 11 is 3.49. The number of hydrogen-bond donors (Lipinski definition) is 0. The largest absolute Gasteiger partial charge is 0.298 e. The van der Waals surface area contributed by atoms with Gasteiger partial charge in [-0.1, -0.05) is 6.42 Å². The highest BCUT2D eigenvalue weighted by molar-refractivity contribution is 9.10. The van der Waals surface area contributed by atoms with Gasteiger partial charge in [-0.3, -0.25) is 14.8 Å². The highest BCUT2D eigenvalue weighted by atomic mass is 79.9. The van der Waals surface area contributed by atoms with Gasteiger partial charge in [-0.15, -0.1) is 0 Å². The first-order valence-electron chi connectivity index (χ1n) is 6.87. The first-order valence-corrected chi connectivity index (χ1v) is 7.66. The van der Waals surface area contributed by atoms with Gasteiger partial charge >= 0.3 is 0 Å². The fourth-order valence-corrected chi connectivity index (χ4v) is 3.58. The van der Waals surface area contributed by atoms with E-state index in [0.717, 1.165) is 17.1 Å². The number of piperazine rings is 1. The van der Waals surface area contributed by atoms with Gasteiger partial charge in [-0.2, -0.15) is 0 Å². The summed E-state index contributed by atoms with van der Waals surface area (Å²) in [5.74, 6) is 0. The molecule has 2 aliphatic rings. The molecule has 2 saturated heterocycles. The van der Waals surface area contributed by atoms with E-state index in [1.54, 1.807) is 0 Å². The molecule has 18 heavy (non-hydrogen) atoms. The lowest BCUT2D eigenvalue weighted by molar-refractivity contribution is 0.0456. The van der Waals surface area contributed by atoms with Crippen LogP contribution in [0.4, 0.5) is 0 Å². The topological polar surface area (TPSA) is 19.4 Å². The molecule has 0 N–H and O–H groups in total. The normalized spacial score (nSPS) is 25.9. The molecule has 1 unspecified atom stereocenters. The number of pyridine rings is 1. The molecular formula is C14H20BrN3. The van der Waals surface area contributed by atoms with Gasteiger partial charge < -0.3 is 0 Å². The lowest BCUT2D eigenvalue weighted by Crippen LogP contribution is -2.54. The van der Waals surface area contributed by atoms with Crippen molar-refractivity contribution in [1.29, 1.82) is 0 Å². The zero-order chi connectivity index (χ0) is 12.4. The molecule has 3 nitrogen and oxygen atoms in total. The molecule has 2 fully saturated rings. The number of rotatable bonds is 2. The summed E-state index contributed by atoms with van der Waals surface area (Å²) in [6.07, 6.45) is 8.02. The van der Waals surface area contributed by atoms with Crippen LogP contribution < -0.4 is 0 Å². The summed E-state index contributed by atoms with van der Waals surface area (Å²) < 4.78 is 1.08. The van der Waals surface area contributed by atoms with Crippen molar-refractivity contribution in [3.63, 3.8) is 0 Å². The van der Waals surface area contributed by atoms with E-state index >= 15 is 0 Å². The fraction of sp³-hybridized carbons (Fsp3) is 0.643.